The number of carboxylic acid groups (broad SMARTS) is 1. The molecule has 2 aliphatic heterocycles. The zero-order valence-corrected chi connectivity index (χ0v) is 24.0. The van der Waals surface area contributed by atoms with E-state index < -0.39 is 26.0 Å². The van der Waals surface area contributed by atoms with E-state index >= 15 is 0 Å². The van der Waals surface area contributed by atoms with E-state index in [0.717, 1.165) is 35.1 Å². The molecule has 0 spiro atoms. The molecule has 208 valence electrons. The Morgan fingerprint density at radius 3 is 1.65 bits per heavy atom. The molecule has 0 aliphatic carbocycles. The average molecular weight is 575 g/mol. The predicted molar refractivity (Wildman–Crippen MR) is 158 cm³/mol. The van der Waals surface area contributed by atoms with Crippen LogP contribution in [-0.4, -0.2) is 79.5 Å². The second-order valence-corrected chi connectivity index (χ2v) is 12.5. The molecule has 0 bridgehead atoms. The molecule has 4 rings (SSSR count). The number of carboxylic acids is 1. The number of aliphatic hydroxyl groups excluding tert-OH is 1. The number of benzene rings is 2. The van der Waals surface area contributed by atoms with Gasteiger partial charge in [0, 0.05) is 13.1 Å². The van der Waals surface area contributed by atoms with Crippen molar-refractivity contribution in [2.24, 2.45) is 0 Å². The van der Waals surface area contributed by atoms with Crippen molar-refractivity contribution < 1.29 is 31.8 Å². The zero-order valence-electron chi connectivity index (χ0n) is 21.6. The third-order valence-electron chi connectivity index (χ3n) is 5.16. The Balaban J connectivity index is 0.000000585. The van der Waals surface area contributed by atoms with Crippen LogP contribution in [0.4, 0.5) is 11.4 Å². The first-order valence-corrected chi connectivity index (χ1v) is 16.6. The number of anilines is 2. The molecule has 2 N–H and O–H groups in total. The summed E-state index contributed by atoms with van der Waals surface area (Å²) in [6.07, 6.45) is 7.72. The lowest BCUT2D eigenvalue weighted by Crippen LogP contribution is -2.27. The van der Waals surface area contributed by atoms with E-state index in [0.29, 0.717) is 25.2 Å². The summed E-state index contributed by atoms with van der Waals surface area (Å²) in [6, 6.07) is 9.87. The summed E-state index contributed by atoms with van der Waals surface area (Å²) >= 11 is 1.75. The van der Waals surface area contributed by atoms with Crippen LogP contribution in [0.5, 0.6) is 0 Å². The first-order chi connectivity index (χ1) is 16.8. The van der Waals surface area contributed by atoms with Crippen LogP contribution in [-0.2, 0) is 39.5 Å². The van der Waals surface area contributed by atoms with E-state index in [2.05, 4.69) is 0 Å². The quantitative estimate of drug-likeness (QED) is 0.531. The Morgan fingerprint density at radius 2 is 1.27 bits per heavy atom. The molecule has 0 atom stereocenters. The van der Waals surface area contributed by atoms with Gasteiger partial charge in [-0.2, -0.15) is 11.8 Å². The van der Waals surface area contributed by atoms with E-state index in [9.17, 15) is 21.6 Å². The van der Waals surface area contributed by atoms with E-state index in [1.807, 2.05) is 32.4 Å². The minimum absolute atomic E-state index is 0. The molecule has 0 fully saturated rings. The van der Waals surface area contributed by atoms with Gasteiger partial charge in [-0.25, -0.2) is 21.6 Å². The van der Waals surface area contributed by atoms with Gasteiger partial charge in [-0.05, 0) is 66.3 Å². The Labute approximate surface area is 227 Å². The van der Waals surface area contributed by atoms with Crippen LogP contribution in [0.3, 0.4) is 0 Å². The smallest absolute Gasteiger partial charge is 0.335 e. The SMILES string of the molecule is B.CC.CS(=O)(=O)N1CCc2cc(C(=O)O)ccc21.CS(=O)(=O)N1CCc2cc(CO)ccc21.CSC. The van der Waals surface area contributed by atoms with Gasteiger partial charge >= 0.3 is 5.97 Å². The van der Waals surface area contributed by atoms with Crippen molar-refractivity contribution in [3.63, 3.8) is 0 Å². The first kappa shape index (κ1) is 34.8. The summed E-state index contributed by atoms with van der Waals surface area (Å²) in [7, 11) is -6.43. The van der Waals surface area contributed by atoms with Gasteiger partial charge in [0.25, 0.3) is 0 Å². The summed E-state index contributed by atoms with van der Waals surface area (Å²) < 4.78 is 48.4. The van der Waals surface area contributed by atoms with Gasteiger partial charge in [-0.3, -0.25) is 8.61 Å². The number of hydrogen-bond donors (Lipinski definition) is 2. The third kappa shape index (κ3) is 9.55. The van der Waals surface area contributed by atoms with Gasteiger partial charge in [0.05, 0.1) is 44.5 Å². The van der Waals surface area contributed by atoms with Crippen LogP contribution >= 0.6 is 11.8 Å². The first-order valence-electron chi connectivity index (χ1n) is 11.3. The van der Waals surface area contributed by atoms with Crippen LogP contribution in [0.15, 0.2) is 36.4 Å². The fourth-order valence-corrected chi connectivity index (χ4v) is 5.63. The molecule has 37 heavy (non-hydrogen) atoms. The predicted octanol–water partition coefficient (Wildman–Crippen LogP) is 2.03. The highest BCUT2D eigenvalue weighted by Crippen LogP contribution is 2.31. The molecular formula is C24H39BN2O7S3. The second kappa shape index (κ2) is 15.3. The maximum absolute atomic E-state index is 11.4. The van der Waals surface area contributed by atoms with E-state index in [4.69, 9.17) is 10.2 Å². The topological polar surface area (TPSA) is 132 Å². The molecule has 2 aromatic carbocycles. The number of carbonyl (C=O) groups is 1. The van der Waals surface area contributed by atoms with Crippen molar-refractivity contribution >= 4 is 57.6 Å². The fraction of sp³-hybridized carbons (Fsp3) is 0.458. The normalized spacial score (nSPS) is 13.4. The third-order valence-corrected chi connectivity index (χ3v) is 7.52. The maximum atomic E-state index is 11.4. The maximum Gasteiger partial charge on any atom is 0.335 e. The van der Waals surface area contributed by atoms with Crippen molar-refractivity contribution in [1.29, 1.82) is 0 Å². The molecule has 2 aromatic rings. The summed E-state index contributed by atoms with van der Waals surface area (Å²) in [6.45, 7) is 4.88. The van der Waals surface area contributed by atoms with Crippen LogP contribution in [0.25, 0.3) is 0 Å². The standard InChI is InChI=1S/C10H11NO4S.C10H13NO3S.C2H6S.C2H6.BH3/c1-16(14,15)11-5-4-7-6-8(10(12)13)2-3-9(7)11;1-15(13,14)11-5-4-9-6-8(7-12)2-3-10(9)11;1-3-2;1-2;/h2-3,6H,4-5H2,1H3,(H,12,13);2-3,6,12H,4-5,7H2,1H3;1-2H3;1-2H3;1H3. The van der Waals surface area contributed by atoms with Crippen LogP contribution in [0.2, 0.25) is 0 Å². The number of hydrogen-bond acceptors (Lipinski definition) is 7. The molecule has 0 saturated carbocycles. The van der Waals surface area contributed by atoms with Crippen molar-refractivity contribution in [1.82, 2.24) is 0 Å². The average Bonchev–Trinajstić information content (AvgIpc) is 3.44. The minimum atomic E-state index is -3.26. The Bertz CT molecular complexity index is 1250. The molecule has 13 heteroatoms. The summed E-state index contributed by atoms with van der Waals surface area (Å²) in [5.74, 6) is -0.999. The number of nitrogens with zero attached hydrogens (tertiary/aromatic N) is 2. The zero-order chi connectivity index (χ0) is 27.7. The molecular weight excluding hydrogens is 535 g/mol. The molecule has 0 unspecified atom stereocenters. The Hall–Kier alpha value is -2.22. The van der Waals surface area contributed by atoms with Crippen molar-refractivity contribution in [3.8, 4) is 0 Å². The minimum Gasteiger partial charge on any atom is -0.478 e. The van der Waals surface area contributed by atoms with E-state index in [1.165, 1.54) is 27.0 Å². The van der Waals surface area contributed by atoms with Crippen LogP contribution in [0, 0.1) is 0 Å². The van der Waals surface area contributed by atoms with Gasteiger partial charge in [0.15, 0.2) is 0 Å². The van der Waals surface area contributed by atoms with E-state index in [-0.39, 0.29) is 20.6 Å². The lowest BCUT2D eigenvalue weighted by atomic mass is 10.1. The lowest BCUT2D eigenvalue weighted by Gasteiger charge is -2.16. The molecule has 0 saturated heterocycles. The highest BCUT2D eigenvalue weighted by molar-refractivity contribution is 7.97. The second-order valence-electron chi connectivity index (χ2n) is 7.85. The van der Waals surface area contributed by atoms with Gasteiger partial charge < -0.3 is 10.2 Å². The van der Waals surface area contributed by atoms with Gasteiger partial charge in [0.1, 0.15) is 0 Å². The number of rotatable bonds is 4. The highest BCUT2D eigenvalue weighted by Gasteiger charge is 2.27. The molecule has 0 radical (unpaired) electrons. The summed E-state index contributed by atoms with van der Waals surface area (Å²) in [4.78, 5) is 10.7. The van der Waals surface area contributed by atoms with Gasteiger partial charge in [-0.15, -0.1) is 0 Å². The van der Waals surface area contributed by atoms with Gasteiger partial charge in [-0.1, -0.05) is 26.0 Å². The number of sulfonamides is 2. The fourth-order valence-electron chi connectivity index (χ4n) is 3.72. The molecule has 2 aliphatic rings. The number of fused-ring (bicyclic) bond motifs is 2. The summed E-state index contributed by atoms with van der Waals surface area (Å²) in [5.41, 5.74) is 4.11. The van der Waals surface area contributed by atoms with Crippen molar-refractivity contribution in [2.75, 3.05) is 46.7 Å². The van der Waals surface area contributed by atoms with Crippen LogP contribution in [0.1, 0.15) is 40.9 Å². The molecule has 2 heterocycles. The summed E-state index contributed by atoms with van der Waals surface area (Å²) in [5, 5.41) is 17.8. The Morgan fingerprint density at radius 1 is 0.865 bits per heavy atom. The molecule has 0 aromatic heterocycles. The van der Waals surface area contributed by atoms with Crippen molar-refractivity contribution in [3.05, 3.63) is 58.7 Å². The Kier molecular flexibility index (Phi) is 14.3. The molecule has 9 nitrogen and oxygen atoms in total. The van der Waals surface area contributed by atoms with Crippen molar-refractivity contribution in [2.45, 2.75) is 33.3 Å². The number of aliphatic hydroxyl groups is 1. The van der Waals surface area contributed by atoms with E-state index in [1.54, 1.807) is 30.0 Å². The number of thioether (sulfide) groups is 1. The largest absolute Gasteiger partial charge is 0.478 e. The highest BCUT2D eigenvalue weighted by atomic mass is 32.2. The lowest BCUT2D eigenvalue weighted by molar-refractivity contribution is 0.0696. The monoisotopic (exact) mass is 574 g/mol. The molecule has 0 amide bonds. The van der Waals surface area contributed by atoms with Crippen LogP contribution < -0.4 is 8.61 Å². The number of aromatic carboxylic acids is 1. The van der Waals surface area contributed by atoms with Gasteiger partial charge in [0.2, 0.25) is 20.0 Å².